The average molecular weight is 277 g/mol. The number of aromatic amines is 1. The van der Waals surface area contributed by atoms with E-state index >= 15 is 0 Å². The molecule has 0 radical (unpaired) electrons. The Hall–Kier alpha value is -1.69. The van der Waals surface area contributed by atoms with Crippen molar-refractivity contribution in [3.63, 3.8) is 0 Å². The lowest BCUT2D eigenvalue weighted by atomic mass is 10.1. The molecule has 6 nitrogen and oxygen atoms in total. The van der Waals surface area contributed by atoms with Gasteiger partial charge in [-0.15, -0.1) is 0 Å². The van der Waals surface area contributed by atoms with Crippen molar-refractivity contribution < 1.29 is 9.90 Å². The molecule has 1 heterocycles. The highest BCUT2D eigenvalue weighted by molar-refractivity contribution is 5.94. The van der Waals surface area contributed by atoms with Crippen LogP contribution in [0.2, 0.25) is 0 Å². The molecule has 0 unspecified atom stereocenters. The zero-order chi connectivity index (χ0) is 14.3. The van der Waals surface area contributed by atoms with Crippen molar-refractivity contribution in [1.29, 1.82) is 0 Å². The maximum Gasteiger partial charge on any atom is 0.264 e. The van der Waals surface area contributed by atoms with E-state index in [9.17, 15) is 14.7 Å². The smallest absolute Gasteiger partial charge is 0.264 e. The van der Waals surface area contributed by atoms with Gasteiger partial charge in [0.15, 0.2) is 0 Å². The Bertz CT molecular complexity index is 600. The van der Waals surface area contributed by atoms with Gasteiger partial charge in [0.1, 0.15) is 11.4 Å². The molecule has 1 amide bonds. The van der Waals surface area contributed by atoms with Crippen molar-refractivity contribution in [3.8, 4) is 0 Å². The zero-order valence-corrected chi connectivity index (χ0v) is 11.5. The molecule has 6 heteroatoms. The Morgan fingerprint density at radius 1 is 1.50 bits per heavy atom. The van der Waals surface area contributed by atoms with Gasteiger partial charge in [-0.1, -0.05) is 0 Å². The van der Waals surface area contributed by atoms with Crippen LogP contribution in [-0.2, 0) is 0 Å². The van der Waals surface area contributed by atoms with Gasteiger partial charge in [-0.25, -0.2) is 4.98 Å². The first-order valence-corrected chi connectivity index (χ1v) is 7.04. The third-order valence-corrected chi connectivity index (χ3v) is 4.23. The fraction of sp³-hybridized carbons (Fsp3) is 0.643. The normalized spacial score (nSPS) is 19.7. The third kappa shape index (κ3) is 2.47. The molecule has 3 rings (SSSR count). The second-order valence-corrected chi connectivity index (χ2v) is 6.03. The van der Waals surface area contributed by atoms with E-state index in [1.54, 1.807) is 6.92 Å². The van der Waals surface area contributed by atoms with Crippen LogP contribution in [0, 0.1) is 12.3 Å². The minimum absolute atomic E-state index is 0.0709. The van der Waals surface area contributed by atoms with Crippen LogP contribution in [0.5, 0.6) is 0 Å². The number of carbonyl (C=O) groups is 1. The first-order chi connectivity index (χ1) is 9.54. The molecule has 0 atom stereocenters. The van der Waals surface area contributed by atoms with Crippen molar-refractivity contribution in [2.24, 2.45) is 5.41 Å². The molecular formula is C14H19N3O3. The summed E-state index contributed by atoms with van der Waals surface area (Å²) in [7, 11) is 0. The van der Waals surface area contributed by atoms with Crippen LogP contribution in [0.1, 0.15) is 53.5 Å². The van der Waals surface area contributed by atoms with Crippen LogP contribution in [0.3, 0.4) is 0 Å². The lowest BCUT2D eigenvalue weighted by Crippen LogP contribution is -2.36. The van der Waals surface area contributed by atoms with E-state index in [1.165, 1.54) is 0 Å². The van der Waals surface area contributed by atoms with E-state index < -0.39 is 5.91 Å². The van der Waals surface area contributed by atoms with Gasteiger partial charge in [-0.2, -0.15) is 0 Å². The molecule has 2 fully saturated rings. The number of H-pyrrole nitrogens is 1. The lowest BCUT2D eigenvalue weighted by molar-refractivity contribution is 0.0932. The SMILES string of the molecule is Cc1nc(C2CC2)[nH]c(=O)c1C(=O)NCC1(CO)CC1. The largest absolute Gasteiger partial charge is 0.396 e. The van der Waals surface area contributed by atoms with Gasteiger partial charge < -0.3 is 15.4 Å². The average Bonchev–Trinajstić information content (AvgIpc) is 3.28. The summed E-state index contributed by atoms with van der Waals surface area (Å²) >= 11 is 0. The number of rotatable bonds is 5. The minimum atomic E-state index is -0.404. The standard InChI is InChI=1S/C14H19N3O3/c1-8-10(12(19)15-6-14(7-18)4-5-14)13(20)17-11(16-8)9-2-3-9/h9,18H,2-7H2,1H3,(H,15,19)(H,16,17,20). The highest BCUT2D eigenvalue weighted by atomic mass is 16.3. The fourth-order valence-electron chi connectivity index (χ4n) is 2.35. The van der Waals surface area contributed by atoms with E-state index in [1.807, 2.05) is 0 Å². The van der Waals surface area contributed by atoms with E-state index in [-0.39, 0.29) is 23.1 Å². The molecule has 0 spiro atoms. The van der Waals surface area contributed by atoms with Crippen molar-refractivity contribution in [2.75, 3.05) is 13.2 Å². The van der Waals surface area contributed by atoms with Crippen molar-refractivity contribution >= 4 is 5.91 Å². The number of hydrogen-bond donors (Lipinski definition) is 3. The van der Waals surface area contributed by atoms with Gasteiger partial charge >= 0.3 is 0 Å². The predicted octanol–water partition coefficient (Wildman–Crippen LogP) is 0.458. The van der Waals surface area contributed by atoms with Crippen molar-refractivity contribution in [1.82, 2.24) is 15.3 Å². The highest BCUT2D eigenvalue weighted by Gasteiger charge is 2.42. The molecule has 0 bridgehead atoms. The second kappa shape index (κ2) is 4.70. The topological polar surface area (TPSA) is 95.1 Å². The second-order valence-electron chi connectivity index (χ2n) is 6.03. The predicted molar refractivity (Wildman–Crippen MR) is 72.7 cm³/mol. The van der Waals surface area contributed by atoms with Gasteiger partial charge in [-0.05, 0) is 32.6 Å². The maximum atomic E-state index is 12.1. The fourth-order valence-corrected chi connectivity index (χ4v) is 2.35. The van der Waals surface area contributed by atoms with E-state index in [0.29, 0.717) is 24.0 Å². The van der Waals surface area contributed by atoms with Crippen LogP contribution in [0.15, 0.2) is 4.79 Å². The first kappa shape index (κ1) is 13.3. The van der Waals surface area contributed by atoms with Crippen LogP contribution < -0.4 is 10.9 Å². The lowest BCUT2D eigenvalue weighted by Gasteiger charge is -2.13. The molecule has 20 heavy (non-hydrogen) atoms. The molecule has 0 aliphatic heterocycles. The van der Waals surface area contributed by atoms with Gasteiger partial charge in [-0.3, -0.25) is 9.59 Å². The zero-order valence-electron chi connectivity index (χ0n) is 11.5. The quantitative estimate of drug-likeness (QED) is 0.728. The van der Waals surface area contributed by atoms with E-state index in [2.05, 4.69) is 15.3 Å². The number of aryl methyl sites for hydroxylation is 1. The van der Waals surface area contributed by atoms with Crippen LogP contribution in [0.25, 0.3) is 0 Å². The van der Waals surface area contributed by atoms with E-state index in [0.717, 1.165) is 25.7 Å². The number of aromatic nitrogens is 2. The van der Waals surface area contributed by atoms with Crippen molar-refractivity contribution in [2.45, 2.75) is 38.5 Å². The summed E-state index contributed by atoms with van der Waals surface area (Å²) < 4.78 is 0. The first-order valence-electron chi connectivity index (χ1n) is 7.04. The number of nitrogens with one attached hydrogen (secondary N) is 2. The number of aliphatic hydroxyl groups is 1. The monoisotopic (exact) mass is 277 g/mol. The molecule has 2 aliphatic rings. The molecule has 2 saturated carbocycles. The van der Waals surface area contributed by atoms with Crippen molar-refractivity contribution in [3.05, 3.63) is 27.4 Å². The summed E-state index contributed by atoms with van der Waals surface area (Å²) in [5.41, 5.74) is 0.0217. The highest BCUT2D eigenvalue weighted by Crippen LogP contribution is 2.44. The number of hydrogen-bond acceptors (Lipinski definition) is 4. The van der Waals surface area contributed by atoms with Gasteiger partial charge in [0, 0.05) is 17.9 Å². The van der Waals surface area contributed by atoms with Gasteiger partial charge in [0.2, 0.25) is 0 Å². The number of carbonyl (C=O) groups excluding carboxylic acids is 1. The Kier molecular flexibility index (Phi) is 3.12. The summed E-state index contributed by atoms with van der Waals surface area (Å²) in [4.78, 5) is 31.2. The number of amides is 1. The number of nitrogens with zero attached hydrogens (tertiary/aromatic N) is 1. The summed E-state index contributed by atoms with van der Waals surface area (Å²) in [5.74, 6) is 0.638. The summed E-state index contributed by atoms with van der Waals surface area (Å²) in [6.07, 6.45) is 3.93. The summed E-state index contributed by atoms with van der Waals surface area (Å²) in [6.45, 7) is 2.17. The number of aliphatic hydroxyl groups excluding tert-OH is 1. The molecule has 1 aromatic heterocycles. The summed E-state index contributed by atoms with van der Waals surface area (Å²) in [6, 6.07) is 0. The Morgan fingerprint density at radius 2 is 2.20 bits per heavy atom. The summed E-state index contributed by atoms with van der Waals surface area (Å²) in [5, 5.41) is 12.0. The van der Waals surface area contributed by atoms with Crippen LogP contribution >= 0.6 is 0 Å². The van der Waals surface area contributed by atoms with Crippen LogP contribution in [-0.4, -0.2) is 34.1 Å². The molecule has 2 aliphatic carbocycles. The van der Waals surface area contributed by atoms with Crippen LogP contribution in [0.4, 0.5) is 0 Å². The maximum absolute atomic E-state index is 12.1. The Labute approximate surface area is 116 Å². The molecule has 108 valence electrons. The van der Waals surface area contributed by atoms with E-state index in [4.69, 9.17) is 0 Å². The Balaban J connectivity index is 1.75. The molecule has 0 aromatic carbocycles. The molecule has 3 N–H and O–H groups in total. The molecule has 1 aromatic rings. The third-order valence-electron chi connectivity index (χ3n) is 4.23. The minimum Gasteiger partial charge on any atom is -0.396 e. The van der Waals surface area contributed by atoms with Gasteiger partial charge in [0.05, 0.1) is 12.3 Å². The molecule has 0 saturated heterocycles. The van der Waals surface area contributed by atoms with Gasteiger partial charge in [0.25, 0.3) is 11.5 Å². The Morgan fingerprint density at radius 3 is 2.70 bits per heavy atom. The molecular weight excluding hydrogens is 258 g/mol.